The Balaban J connectivity index is 3.78. The highest BCUT2D eigenvalue weighted by Gasteiger charge is 2.24. The van der Waals surface area contributed by atoms with E-state index in [1.807, 2.05) is 0 Å². The molecule has 0 saturated heterocycles. The molecule has 0 radical (unpaired) electrons. The van der Waals surface area contributed by atoms with Crippen LogP contribution in [0.3, 0.4) is 0 Å². The third kappa shape index (κ3) is 3.16. The SMILES string of the molecule is CCCC(C)C(C)(C)SCl. The molecule has 0 aromatic carbocycles. The van der Waals surface area contributed by atoms with Crippen molar-refractivity contribution in [2.24, 2.45) is 5.92 Å². The minimum atomic E-state index is 0.234. The minimum Gasteiger partial charge on any atom is -0.0654 e. The van der Waals surface area contributed by atoms with E-state index in [9.17, 15) is 0 Å². The van der Waals surface area contributed by atoms with Gasteiger partial charge in [0.15, 0.2) is 0 Å². The van der Waals surface area contributed by atoms with Crippen LogP contribution >= 0.6 is 21.7 Å². The van der Waals surface area contributed by atoms with Gasteiger partial charge >= 0.3 is 0 Å². The van der Waals surface area contributed by atoms with E-state index in [1.165, 1.54) is 23.8 Å². The second-order valence-electron chi connectivity index (χ2n) is 3.37. The first kappa shape index (κ1) is 10.6. The van der Waals surface area contributed by atoms with E-state index in [2.05, 4.69) is 27.7 Å². The quantitative estimate of drug-likeness (QED) is 0.628. The van der Waals surface area contributed by atoms with Crippen molar-refractivity contribution < 1.29 is 0 Å². The number of halogens is 1. The van der Waals surface area contributed by atoms with Crippen LogP contribution in [0.15, 0.2) is 0 Å². The first-order valence-electron chi connectivity index (χ1n) is 3.84. The van der Waals surface area contributed by atoms with Gasteiger partial charge in [0.05, 0.1) is 0 Å². The molecule has 62 valence electrons. The smallest absolute Gasteiger partial charge is 0.0280 e. The lowest BCUT2D eigenvalue weighted by Crippen LogP contribution is -2.23. The van der Waals surface area contributed by atoms with Crippen LogP contribution in [0.2, 0.25) is 0 Å². The molecular formula is C8H17ClS. The molecule has 0 fully saturated rings. The summed E-state index contributed by atoms with van der Waals surface area (Å²) in [6, 6.07) is 0. The molecule has 10 heavy (non-hydrogen) atoms. The van der Waals surface area contributed by atoms with Crippen LogP contribution in [0.1, 0.15) is 40.5 Å². The van der Waals surface area contributed by atoms with Gasteiger partial charge in [-0.1, -0.05) is 20.3 Å². The van der Waals surface area contributed by atoms with Crippen LogP contribution in [0, 0.1) is 5.92 Å². The average molecular weight is 181 g/mol. The summed E-state index contributed by atoms with van der Waals surface area (Å²) >= 11 is 0. The molecule has 0 aliphatic heterocycles. The van der Waals surface area contributed by atoms with Crippen molar-refractivity contribution >= 4 is 21.7 Å². The van der Waals surface area contributed by atoms with Crippen molar-refractivity contribution in [2.75, 3.05) is 0 Å². The minimum absolute atomic E-state index is 0.234. The molecule has 0 nitrogen and oxygen atoms in total. The predicted octanol–water partition coefficient (Wildman–Crippen LogP) is 4.09. The van der Waals surface area contributed by atoms with E-state index in [-0.39, 0.29) is 4.75 Å². The monoisotopic (exact) mass is 180 g/mol. The fraction of sp³-hybridized carbons (Fsp3) is 1.00. The first-order chi connectivity index (χ1) is 4.54. The molecule has 0 bridgehead atoms. The van der Waals surface area contributed by atoms with Gasteiger partial charge in [-0.05, 0) is 47.8 Å². The highest BCUT2D eigenvalue weighted by Crippen LogP contribution is 2.37. The molecule has 0 aliphatic rings. The van der Waals surface area contributed by atoms with E-state index < -0.39 is 0 Å². The lowest BCUT2D eigenvalue weighted by molar-refractivity contribution is 0.428. The fourth-order valence-corrected chi connectivity index (χ4v) is 1.58. The Morgan fingerprint density at radius 2 is 2.00 bits per heavy atom. The van der Waals surface area contributed by atoms with Crippen molar-refractivity contribution in [2.45, 2.75) is 45.3 Å². The van der Waals surface area contributed by atoms with Crippen molar-refractivity contribution in [1.29, 1.82) is 0 Å². The van der Waals surface area contributed by atoms with Crippen molar-refractivity contribution in [3.8, 4) is 0 Å². The second kappa shape index (κ2) is 4.50. The largest absolute Gasteiger partial charge is 0.0654 e. The normalized spacial score (nSPS) is 15.3. The molecule has 0 amide bonds. The molecule has 1 unspecified atom stereocenters. The maximum Gasteiger partial charge on any atom is 0.0280 e. The van der Waals surface area contributed by atoms with Gasteiger partial charge in [-0.25, -0.2) is 0 Å². The van der Waals surface area contributed by atoms with Crippen molar-refractivity contribution in [3.63, 3.8) is 0 Å². The topological polar surface area (TPSA) is 0 Å². The summed E-state index contributed by atoms with van der Waals surface area (Å²) in [4.78, 5) is 0. The van der Waals surface area contributed by atoms with E-state index in [0.29, 0.717) is 5.92 Å². The van der Waals surface area contributed by atoms with Crippen molar-refractivity contribution in [3.05, 3.63) is 0 Å². The summed E-state index contributed by atoms with van der Waals surface area (Å²) < 4.78 is 0.234. The zero-order chi connectivity index (χ0) is 8.20. The summed E-state index contributed by atoms with van der Waals surface area (Å²) in [5.41, 5.74) is 0. The molecule has 0 N–H and O–H groups in total. The summed E-state index contributed by atoms with van der Waals surface area (Å²) in [5.74, 6) is 0.708. The zero-order valence-corrected chi connectivity index (χ0v) is 8.85. The number of rotatable bonds is 4. The lowest BCUT2D eigenvalue weighted by atomic mass is 9.93. The summed E-state index contributed by atoms with van der Waals surface area (Å²) in [6.07, 6.45) is 2.52. The third-order valence-electron chi connectivity index (χ3n) is 2.11. The molecule has 0 rings (SSSR count). The van der Waals surface area contributed by atoms with E-state index in [0.717, 1.165) is 0 Å². The second-order valence-corrected chi connectivity index (χ2v) is 5.04. The zero-order valence-electron chi connectivity index (χ0n) is 7.28. The lowest BCUT2D eigenvalue weighted by Gasteiger charge is -2.27. The Morgan fingerprint density at radius 1 is 1.50 bits per heavy atom. The van der Waals surface area contributed by atoms with E-state index in [1.54, 1.807) is 0 Å². The van der Waals surface area contributed by atoms with Crippen LogP contribution in [0.4, 0.5) is 0 Å². The molecule has 0 spiro atoms. The standard InChI is InChI=1S/C8H17ClS/c1-5-6-7(2)8(3,4)10-9/h7H,5-6H2,1-4H3. The first-order valence-corrected chi connectivity index (χ1v) is 5.48. The highest BCUT2D eigenvalue weighted by atomic mass is 35.7. The summed E-state index contributed by atoms with van der Waals surface area (Å²) in [5, 5.41) is 0. The Hall–Kier alpha value is 0.640. The molecule has 0 aromatic rings. The maximum atomic E-state index is 5.74. The van der Waals surface area contributed by atoms with Gasteiger partial charge in [0.25, 0.3) is 0 Å². The third-order valence-corrected chi connectivity index (χ3v) is 4.10. The van der Waals surface area contributed by atoms with Gasteiger partial charge in [-0.3, -0.25) is 0 Å². The van der Waals surface area contributed by atoms with Crippen LogP contribution in [-0.2, 0) is 0 Å². The highest BCUT2D eigenvalue weighted by molar-refractivity contribution is 8.22. The molecule has 0 heterocycles. The fourth-order valence-electron chi connectivity index (χ4n) is 0.857. The van der Waals surface area contributed by atoms with Crippen LogP contribution in [0.25, 0.3) is 0 Å². The Labute approximate surface area is 73.2 Å². The van der Waals surface area contributed by atoms with Gasteiger partial charge < -0.3 is 0 Å². The number of hydrogen-bond donors (Lipinski definition) is 0. The van der Waals surface area contributed by atoms with Crippen molar-refractivity contribution in [1.82, 2.24) is 0 Å². The Morgan fingerprint density at radius 3 is 2.30 bits per heavy atom. The van der Waals surface area contributed by atoms with Gasteiger partial charge in [-0.2, -0.15) is 0 Å². The van der Waals surface area contributed by atoms with Gasteiger partial charge in [0.2, 0.25) is 0 Å². The molecule has 2 heteroatoms. The maximum absolute atomic E-state index is 5.74. The molecule has 1 atom stereocenters. The Bertz CT molecular complexity index is 91.3. The van der Waals surface area contributed by atoms with Gasteiger partial charge in [0, 0.05) is 4.75 Å². The van der Waals surface area contributed by atoms with E-state index >= 15 is 0 Å². The summed E-state index contributed by atoms with van der Waals surface area (Å²) in [6.45, 7) is 8.88. The van der Waals surface area contributed by atoms with Crippen LogP contribution < -0.4 is 0 Å². The molecular weight excluding hydrogens is 164 g/mol. The molecule has 0 aliphatic carbocycles. The van der Waals surface area contributed by atoms with Gasteiger partial charge in [0.1, 0.15) is 0 Å². The van der Waals surface area contributed by atoms with Crippen LogP contribution in [-0.4, -0.2) is 4.75 Å². The number of hydrogen-bond acceptors (Lipinski definition) is 1. The summed E-state index contributed by atoms with van der Waals surface area (Å²) in [7, 11) is 7.19. The van der Waals surface area contributed by atoms with Crippen LogP contribution in [0.5, 0.6) is 0 Å². The average Bonchev–Trinajstić information content (AvgIpc) is 1.89. The predicted molar refractivity (Wildman–Crippen MR) is 51.6 cm³/mol. The Kier molecular flexibility index (Phi) is 4.79. The van der Waals surface area contributed by atoms with Gasteiger partial charge in [-0.15, -0.1) is 0 Å². The molecule has 0 saturated carbocycles. The molecule has 0 aromatic heterocycles. The van der Waals surface area contributed by atoms with E-state index in [4.69, 9.17) is 10.7 Å².